The average Bonchev–Trinajstić information content (AvgIpc) is 3.02. The van der Waals surface area contributed by atoms with Crippen molar-refractivity contribution in [2.75, 3.05) is 33.2 Å². The molecule has 1 N–H and O–H groups in total. The zero-order valence-corrected chi connectivity index (χ0v) is 15.3. The maximum atomic E-state index is 12.7. The molecule has 0 atom stereocenters. The number of ketones is 1. The average molecular weight is 354 g/mol. The fraction of sp³-hybridized carbons (Fsp3) is 0.250. The van der Waals surface area contributed by atoms with Gasteiger partial charge in [0.2, 0.25) is 5.75 Å². The summed E-state index contributed by atoms with van der Waals surface area (Å²) in [7, 11) is 6.61. The van der Waals surface area contributed by atoms with Crippen LogP contribution in [0.4, 0.5) is 5.69 Å². The van der Waals surface area contributed by atoms with Crippen LogP contribution in [0.15, 0.2) is 42.6 Å². The number of anilines is 1. The van der Waals surface area contributed by atoms with E-state index >= 15 is 0 Å². The Kier molecular flexibility index (Phi) is 5.02. The largest absolute Gasteiger partial charge is 0.493 e. The first kappa shape index (κ1) is 17.7. The predicted octanol–water partition coefficient (Wildman–Crippen LogP) is 3.50. The number of Topliss-reactive ketones (excluding diaryl/α,β-unsaturated/α-hetero) is 1. The number of para-hydroxylation sites is 1. The van der Waals surface area contributed by atoms with Gasteiger partial charge in [-0.1, -0.05) is 18.2 Å². The number of aromatic nitrogens is 1. The summed E-state index contributed by atoms with van der Waals surface area (Å²) in [4.78, 5) is 12.7. The molecule has 0 saturated heterocycles. The highest BCUT2D eigenvalue weighted by molar-refractivity contribution is 6.09. The van der Waals surface area contributed by atoms with Gasteiger partial charge in [0, 0.05) is 47.5 Å². The molecule has 0 amide bonds. The molecule has 0 radical (unpaired) electrons. The van der Waals surface area contributed by atoms with E-state index in [4.69, 9.17) is 14.2 Å². The first-order valence-corrected chi connectivity index (χ1v) is 8.20. The minimum absolute atomic E-state index is 0.00977. The van der Waals surface area contributed by atoms with E-state index in [2.05, 4.69) is 5.32 Å². The zero-order valence-electron chi connectivity index (χ0n) is 15.3. The molecule has 0 bridgehead atoms. The third-order valence-electron chi connectivity index (χ3n) is 4.32. The highest BCUT2D eigenvalue weighted by atomic mass is 16.5. The summed E-state index contributed by atoms with van der Waals surface area (Å²) in [6.45, 7) is 0.159. The van der Waals surface area contributed by atoms with Crippen molar-refractivity contribution in [2.24, 2.45) is 7.05 Å². The van der Waals surface area contributed by atoms with Gasteiger partial charge in [-0.15, -0.1) is 0 Å². The minimum Gasteiger partial charge on any atom is -0.493 e. The fourth-order valence-electron chi connectivity index (χ4n) is 3.02. The van der Waals surface area contributed by atoms with E-state index in [0.29, 0.717) is 28.5 Å². The molecule has 0 aliphatic rings. The Morgan fingerprint density at radius 3 is 2.31 bits per heavy atom. The Morgan fingerprint density at radius 1 is 1.04 bits per heavy atom. The van der Waals surface area contributed by atoms with Crippen molar-refractivity contribution in [3.63, 3.8) is 0 Å². The number of fused-ring (bicyclic) bond motifs is 1. The Labute approximate surface area is 152 Å². The van der Waals surface area contributed by atoms with E-state index in [0.717, 1.165) is 10.9 Å². The molecular formula is C20H22N2O4. The molecule has 136 valence electrons. The normalized spacial score (nSPS) is 10.6. The van der Waals surface area contributed by atoms with Crippen molar-refractivity contribution in [3.8, 4) is 17.2 Å². The van der Waals surface area contributed by atoms with Gasteiger partial charge in [0.15, 0.2) is 17.3 Å². The number of nitrogens with one attached hydrogen (secondary N) is 1. The van der Waals surface area contributed by atoms with Gasteiger partial charge in [-0.25, -0.2) is 0 Å². The van der Waals surface area contributed by atoms with Crippen LogP contribution in [0.2, 0.25) is 0 Å². The molecule has 0 fully saturated rings. The lowest BCUT2D eigenvalue weighted by atomic mass is 10.1. The van der Waals surface area contributed by atoms with Crippen molar-refractivity contribution in [3.05, 3.63) is 48.2 Å². The Hall–Kier alpha value is -3.15. The van der Waals surface area contributed by atoms with E-state index in [-0.39, 0.29) is 12.3 Å². The molecule has 0 aliphatic carbocycles. The van der Waals surface area contributed by atoms with E-state index in [1.54, 1.807) is 33.5 Å². The van der Waals surface area contributed by atoms with E-state index < -0.39 is 0 Å². The van der Waals surface area contributed by atoms with Gasteiger partial charge in [0.05, 0.1) is 27.9 Å². The molecule has 3 rings (SSSR count). The summed E-state index contributed by atoms with van der Waals surface area (Å²) in [5, 5.41) is 4.09. The minimum atomic E-state index is 0.00977. The fourth-order valence-corrected chi connectivity index (χ4v) is 3.02. The second-order valence-electron chi connectivity index (χ2n) is 5.86. The third kappa shape index (κ3) is 3.18. The predicted molar refractivity (Wildman–Crippen MR) is 102 cm³/mol. The van der Waals surface area contributed by atoms with Crippen LogP contribution < -0.4 is 19.5 Å². The monoisotopic (exact) mass is 354 g/mol. The SMILES string of the molecule is COc1cc(NCC(=O)c2cn(C)c3ccccc23)cc(OC)c1OC. The number of rotatable bonds is 7. The van der Waals surface area contributed by atoms with E-state index in [1.165, 1.54) is 0 Å². The van der Waals surface area contributed by atoms with Gasteiger partial charge >= 0.3 is 0 Å². The molecule has 3 aromatic rings. The van der Waals surface area contributed by atoms with Gasteiger partial charge in [-0.05, 0) is 6.07 Å². The van der Waals surface area contributed by atoms with Crippen molar-refractivity contribution in [1.82, 2.24) is 4.57 Å². The van der Waals surface area contributed by atoms with Crippen LogP contribution >= 0.6 is 0 Å². The molecule has 6 heteroatoms. The van der Waals surface area contributed by atoms with Crippen molar-refractivity contribution in [1.29, 1.82) is 0 Å². The Balaban J connectivity index is 1.83. The van der Waals surface area contributed by atoms with Gasteiger partial charge in [-0.3, -0.25) is 4.79 Å². The summed E-state index contributed by atoms with van der Waals surface area (Å²) in [6, 6.07) is 11.4. The van der Waals surface area contributed by atoms with Crippen molar-refractivity contribution >= 4 is 22.4 Å². The van der Waals surface area contributed by atoms with E-state index in [1.807, 2.05) is 42.1 Å². The molecule has 1 heterocycles. The van der Waals surface area contributed by atoms with Gasteiger partial charge < -0.3 is 24.1 Å². The second kappa shape index (κ2) is 7.39. The molecule has 1 aromatic heterocycles. The maximum Gasteiger partial charge on any atom is 0.203 e. The van der Waals surface area contributed by atoms with Gasteiger partial charge in [-0.2, -0.15) is 0 Å². The first-order valence-electron chi connectivity index (χ1n) is 8.20. The number of carbonyl (C=O) groups is 1. The number of benzene rings is 2. The number of nitrogens with zero attached hydrogens (tertiary/aromatic N) is 1. The molecule has 0 saturated carbocycles. The number of methoxy groups -OCH3 is 3. The molecule has 26 heavy (non-hydrogen) atoms. The highest BCUT2D eigenvalue weighted by Gasteiger charge is 2.16. The summed E-state index contributed by atoms with van der Waals surface area (Å²) in [6.07, 6.45) is 1.86. The van der Waals surface area contributed by atoms with Gasteiger partial charge in [0.25, 0.3) is 0 Å². The number of ether oxygens (including phenoxy) is 3. The highest BCUT2D eigenvalue weighted by Crippen LogP contribution is 2.39. The molecule has 0 spiro atoms. The number of carbonyl (C=O) groups excluding carboxylic acids is 1. The van der Waals surface area contributed by atoms with Crippen LogP contribution in [0.5, 0.6) is 17.2 Å². The quantitative estimate of drug-likeness (QED) is 0.658. The third-order valence-corrected chi connectivity index (χ3v) is 4.32. The molecule has 6 nitrogen and oxygen atoms in total. The summed E-state index contributed by atoms with van der Waals surface area (Å²) < 4.78 is 17.9. The summed E-state index contributed by atoms with van der Waals surface area (Å²) in [5.41, 5.74) is 2.44. The topological polar surface area (TPSA) is 61.7 Å². The Bertz CT molecular complexity index is 921. The smallest absolute Gasteiger partial charge is 0.203 e. The van der Waals surface area contributed by atoms with Crippen LogP contribution in [0.1, 0.15) is 10.4 Å². The molecule has 0 aliphatic heterocycles. The Morgan fingerprint density at radius 2 is 1.69 bits per heavy atom. The lowest BCUT2D eigenvalue weighted by molar-refractivity contribution is 0.101. The summed E-state index contributed by atoms with van der Waals surface area (Å²) in [5.74, 6) is 1.59. The maximum absolute atomic E-state index is 12.7. The molecule has 2 aromatic carbocycles. The lowest BCUT2D eigenvalue weighted by Gasteiger charge is -2.14. The summed E-state index contributed by atoms with van der Waals surface area (Å²) >= 11 is 0. The lowest BCUT2D eigenvalue weighted by Crippen LogP contribution is -2.14. The van der Waals surface area contributed by atoms with Crippen LogP contribution in [-0.4, -0.2) is 38.2 Å². The number of hydrogen-bond acceptors (Lipinski definition) is 5. The zero-order chi connectivity index (χ0) is 18.7. The van der Waals surface area contributed by atoms with Crippen molar-refractivity contribution < 1.29 is 19.0 Å². The van der Waals surface area contributed by atoms with E-state index in [9.17, 15) is 4.79 Å². The molecular weight excluding hydrogens is 332 g/mol. The van der Waals surface area contributed by atoms with Crippen molar-refractivity contribution in [2.45, 2.75) is 0 Å². The number of aryl methyl sites for hydroxylation is 1. The number of hydrogen-bond donors (Lipinski definition) is 1. The first-order chi connectivity index (χ1) is 12.6. The van der Waals surface area contributed by atoms with Gasteiger partial charge in [0.1, 0.15) is 0 Å². The molecule has 0 unspecified atom stereocenters. The standard InChI is InChI=1S/C20H22N2O4/c1-22-12-15(14-7-5-6-8-16(14)22)17(23)11-21-13-9-18(24-2)20(26-4)19(10-13)25-3/h5-10,12,21H,11H2,1-4H3. The van der Waals surface area contributed by atoms with Crippen LogP contribution in [0.3, 0.4) is 0 Å². The van der Waals surface area contributed by atoms with Crippen LogP contribution in [-0.2, 0) is 7.05 Å². The van der Waals surface area contributed by atoms with Crippen LogP contribution in [0.25, 0.3) is 10.9 Å². The second-order valence-corrected chi connectivity index (χ2v) is 5.86. The van der Waals surface area contributed by atoms with Crippen LogP contribution in [0, 0.1) is 0 Å².